The van der Waals surface area contributed by atoms with E-state index >= 15 is 0 Å². The first-order chi connectivity index (χ1) is 6.34. The van der Waals surface area contributed by atoms with Crippen LogP contribution in [0.4, 0.5) is 0 Å². The Morgan fingerprint density at radius 2 is 2.00 bits per heavy atom. The average Bonchev–Trinajstić information content (AvgIpc) is 2.06. The van der Waals surface area contributed by atoms with Crippen molar-refractivity contribution in [3.05, 3.63) is 11.3 Å². The summed E-state index contributed by atoms with van der Waals surface area (Å²) >= 11 is 0. The molecule has 3 nitrogen and oxygen atoms in total. The van der Waals surface area contributed by atoms with Crippen molar-refractivity contribution in [3.8, 4) is 0 Å². The van der Waals surface area contributed by atoms with Crippen molar-refractivity contribution in [2.24, 2.45) is 5.41 Å². The van der Waals surface area contributed by atoms with Crippen LogP contribution in [0.15, 0.2) is 11.3 Å². The lowest BCUT2D eigenvalue weighted by Gasteiger charge is -2.31. The molecule has 0 unspecified atom stereocenters. The number of allylic oxidation sites excluding steroid dienone is 2. The molecule has 0 atom stereocenters. The number of Topliss-reactive ketones (excluding diaryl/α,β-unsaturated/α-hetero) is 1. The fourth-order valence-electron chi connectivity index (χ4n) is 1.72. The molecule has 1 aliphatic carbocycles. The second-order valence-corrected chi connectivity index (χ2v) is 4.35. The first kappa shape index (κ1) is 11.0. The molecule has 0 aromatic carbocycles. The molecule has 0 N–H and O–H groups in total. The molecule has 14 heavy (non-hydrogen) atoms. The van der Waals surface area contributed by atoms with Crippen molar-refractivity contribution in [1.29, 1.82) is 0 Å². The van der Waals surface area contributed by atoms with Gasteiger partial charge in [-0.2, -0.15) is 0 Å². The number of ether oxygens (including phenoxy) is 1. The number of ketones is 1. The zero-order valence-corrected chi connectivity index (χ0v) is 9.14. The predicted octanol–water partition coefficient (Wildman–Crippen LogP) is 2.21. The van der Waals surface area contributed by atoms with Crippen molar-refractivity contribution in [3.63, 3.8) is 0 Å². The van der Waals surface area contributed by atoms with Gasteiger partial charge in [0.2, 0.25) is 0 Å². The van der Waals surface area contributed by atoms with Crippen molar-refractivity contribution < 1.29 is 14.3 Å². The van der Waals surface area contributed by atoms with Crippen LogP contribution < -0.4 is 0 Å². The largest absolute Gasteiger partial charge is 0.430 e. The van der Waals surface area contributed by atoms with Crippen molar-refractivity contribution in [2.75, 3.05) is 0 Å². The lowest BCUT2D eigenvalue weighted by Crippen LogP contribution is -2.27. The van der Waals surface area contributed by atoms with Crippen LogP contribution in [-0.2, 0) is 14.3 Å². The minimum absolute atomic E-state index is 0.0839. The third-order valence-electron chi connectivity index (χ3n) is 2.60. The van der Waals surface area contributed by atoms with Crippen molar-refractivity contribution in [1.82, 2.24) is 0 Å². The highest BCUT2D eigenvalue weighted by Gasteiger charge is 2.34. The molecule has 0 saturated heterocycles. The van der Waals surface area contributed by atoms with Crippen LogP contribution in [0.1, 0.15) is 40.5 Å². The van der Waals surface area contributed by atoms with Gasteiger partial charge in [0.05, 0.1) is 0 Å². The molecule has 0 aromatic heterocycles. The molecule has 0 fully saturated rings. The lowest BCUT2D eigenvalue weighted by molar-refractivity contribution is -0.139. The van der Waals surface area contributed by atoms with E-state index in [1.54, 1.807) is 6.92 Å². The first-order valence-corrected chi connectivity index (χ1v) is 4.77. The molecule has 1 aliphatic rings. The Hall–Kier alpha value is -1.12. The smallest absolute Gasteiger partial charge is 0.307 e. The molecule has 1 rings (SSSR count). The molecule has 0 spiro atoms. The Balaban J connectivity index is 3.08. The van der Waals surface area contributed by atoms with E-state index in [2.05, 4.69) is 0 Å². The fraction of sp³-hybridized carbons (Fsp3) is 0.636. The van der Waals surface area contributed by atoms with E-state index in [1.807, 2.05) is 13.8 Å². The quantitative estimate of drug-likeness (QED) is 0.604. The van der Waals surface area contributed by atoms with Crippen LogP contribution >= 0.6 is 0 Å². The number of carbonyl (C=O) groups excluding carboxylic acids is 2. The van der Waals surface area contributed by atoms with E-state index in [0.717, 1.165) is 6.42 Å². The molecular formula is C11H16O3. The van der Waals surface area contributed by atoms with Crippen LogP contribution in [0.25, 0.3) is 0 Å². The highest BCUT2D eigenvalue weighted by Crippen LogP contribution is 2.39. The molecule has 0 bridgehead atoms. The fourth-order valence-corrected chi connectivity index (χ4v) is 1.72. The van der Waals surface area contributed by atoms with Gasteiger partial charge in [0.15, 0.2) is 5.78 Å². The van der Waals surface area contributed by atoms with Crippen LogP contribution in [-0.4, -0.2) is 11.8 Å². The maximum absolute atomic E-state index is 11.4. The first-order valence-electron chi connectivity index (χ1n) is 4.77. The summed E-state index contributed by atoms with van der Waals surface area (Å²) in [5, 5.41) is 0. The molecule has 0 amide bonds. The van der Waals surface area contributed by atoms with Gasteiger partial charge in [-0.1, -0.05) is 13.8 Å². The van der Waals surface area contributed by atoms with E-state index in [-0.39, 0.29) is 17.2 Å². The zero-order valence-electron chi connectivity index (χ0n) is 9.14. The second kappa shape index (κ2) is 3.56. The summed E-state index contributed by atoms with van der Waals surface area (Å²) in [6, 6.07) is 0. The summed E-state index contributed by atoms with van der Waals surface area (Å²) in [5.41, 5.74) is 0.389. The molecule has 3 heteroatoms. The number of hydrogen-bond donors (Lipinski definition) is 0. The molecule has 0 heterocycles. The molecule has 0 aromatic rings. The Morgan fingerprint density at radius 1 is 1.43 bits per heavy atom. The van der Waals surface area contributed by atoms with Gasteiger partial charge in [0.25, 0.3) is 0 Å². The Labute approximate surface area is 84.1 Å². The predicted molar refractivity (Wildman–Crippen MR) is 52.5 cm³/mol. The maximum Gasteiger partial charge on any atom is 0.307 e. The van der Waals surface area contributed by atoms with Crippen molar-refractivity contribution >= 4 is 11.8 Å². The van der Waals surface area contributed by atoms with E-state index in [9.17, 15) is 9.59 Å². The second-order valence-electron chi connectivity index (χ2n) is 4.35. The minimum Gasteiger partial charge on any atom is -0.430 e. The molecule has 78 valence electrons. The van der Waals surface area contributed by atoms with Crippen LogP contribution in [0.2, 0.25) is 0 Å². The summed E-state index contributed by atoms with van der Waals surface area (Å²) in [5.74, 6) is 0.268. The van der Waals surface area contributed by atoms with E-state index in [1.165, 1.54) is 6.92 Å². The van der Waals surface area contributed by atoms with Crippen LogP contribution in [0, 0.1) is 5.41 Å². The zero-order chi connectivity index (χ0) is 10.9. The minimum atomic E-state index is -0.359. The standard InChI is InChI=1S/C11H16O3/c1-7-9(13)5-6-11(3,4)10(7)14-8(2)12/h5-6H2,1-4H3. The van der Waals surface area contributed by atoms with Crippen LogP contribution in [0.5, 0.6) is 0 Å². The van der Waals surface area contributed by atoms with Gasteiger partial charge in [-0.05, 0) is 13.3 Å². The molecular weight excluding hydrogens is 180 g/mol. The molecule has 0 aliphatic heterocycles. The Kier molecular flexibility index (Phi) is 2.79. The SMILES string of the molecule is CC(=O)OC1=C(C)C(=O)CCC1(C)C. The summed E-state index contributed by atoms with van der Waals surface area (Å²) in [6.07, 6.45) is 1.29. The normalized spacial score (nSPS) is 21.0. The summed E-state index contributed by atoms with van der Waals surface area (Å²) < 4.78 is 5.11. The van der Waals surface area contributed by atoms with Gasteiger partial charge in [-0.15, -0.1) is 0 Å². The van der Waals surface area contributed by atoms with Gasteiger partial charge in [0, 0.05) is 24.3 Å². The third-order valence-corrected chi connectivity index (χ3v) is 2.60. The number of hydrogen-bond acceptors (Lipinski definition) is 3. The molecule has 0 radical (unpaired) electrons. The maximum atomic E-state index is 11.4. The van der Waals surface area contributed by atoms with E-state index in [4.69, 9.17) is 4.74 Å². The highest BCUT2D eigenvalue weighted by molar-refractivity contribution is 5.96. The van der Waals surface area contributed by atoms with Crippen molar-refractivity contribution in [2.45, 2.75) is 40.5 Å². The third kappa shape index (κ3) is 2.03. The molecule has 0 saturated carbocycles. The van der Waals surface area contributed by atoms with Gasteiger partial charge in [-0.25, -0.2) is 0 Å². The monoisotopic (exact) mass is 196 g/mol. The van der Waals surface area contributed by atoms with Crippen LogP contribution in [0.3, 0.4) is 0 Å². The van der Waals surface area contributed by atoms with Gasteiger partial charge in [-0.3, -0.25) is 9.59 Å². The van der Waals surface area contributed by atoms with E-state index in [0.29, 0.717) is 17.8 Å². The number of esters is 1. The lowest BCUT2D eigenvalue weighted by atomic mass is 9.77. The Morgan fingerprint density at radius 3 is 2.50 bits per heavy atom. The van der Waals surface area contributed by atoms with Gasteiger partial charge in [0.1, 0.15) is 5.76 Å². The number of rotatable bonds is 1. The van der Waals surface area contributed by atoms with Gasteiger partial charge < -0.3 is 4.74 Å². The Bertz CT molecular complexity index is 310. The topological polar surface area (TPSA) is 43.4 Å². The summed E-state index contributed by atoms with van der Waals surface area (Å²) in [4.78, 5) is 22.3. The van der Waals surface area contributed by atoms with Gasteiger partial charge >= 0.3 is 5.97 Å². The average molecular weight is 196 g/mol. The summed E-state index contributed by atoms with van der Waals surface area (Å²) in [7, 11) is 0. The highest BCUT2D eigenvalue weighted by atomic mass is 16.5. The van der Waals surface area contributed by atoms with E-state index < -0.39 is 0 Å². The summed E-state index contributed by atoms with van der Waals surface area (Å²) in [6.45, 7) is 7.05. The number of carbonyl (C=O) groups is 2.